The van der Waals surface area contributed by atoms with Crippen molar-refractivity contribution in [3.8, 4) is 22.8 Å². The van der Waals surface area contributed by atoms with Crippen molar-refractivity contribution in [2.45, 2.75) is 20.4 Å². The Morgan fingerprint density at radius 2 is 1.62 bits per heavy atom. The SMILES string of the molecule is COc1ccc(CNc2nc(NCC(C)C)cc(-c3ccccc3)n2)cc1OC. The van der Waals surface area contributed by atoms with Crippen LogP contribution in [0.15, 0.2) is 54.6 Å². The van der Waals surface area contributed by atoms with Crippen LogP contribution >= 0.6 is 0 Å². The number of methoxy groups -OCH3 is 2. The minimum atomic E-state index is 0.522. The minimum absolute atomic E-state index is 0.522. The topological polar surface area (TPSA) is 68.3 Å². The molecule has 0 atom stereocenters. The zero-order valence-electron chi connectivity index (χ0n) is 17.4. The van der Waals surface area contributed by atoms with E-state index in [1.807, 2.05) is 54.6 Å². The van der Waals surface area contributed by atoms with Gasteiger partial charge in [0.05, 0.1) is 19.9 Å². The van der Waals surface area contributed by atoms with Crippen LogP contribution in [0.3, 0.4) is 0 Å². The quantitative estimate of drug-likeness (QED) is 0.543. The Morgan fingerprint density at radius 3 is 2.31 bits per heavy atom. The molecule has 0 aliphatic heterocycles. The summed E-state index contributed by atoms with van der Waals surface area (Å²) in [5.74, 6) is 3.31. The smallest absolute Gasteiger partial charge is 0.225 e. The summed E-state index contributed by atoms with van der Waals surface area (Å²) in [5, 5.41) is 6.73. The van der Waals surface area contributed by atoms with Gasteiger partial charge in [-0.2, -0.15) is 4.98 Å². The summed E-state index contributed by atoms with van der Waals surface area (Å²) in [6.45, 7) is 5.76. The second-order valence-corrected chi connectivity index (χ2v) is 7.15. The molecule has 3 rings (SSSR count). The van der Waals surface area contributed by atoms with Crippen molar-refractivity contribution in [1.29, 1.82) is 0 Å². The molecule has 152 valence electrons. The van der Waals surface area contributed by atoms with Gasteiger partial charge in [0, 0.05) is 24.7 Å². The highest BCUT2D eigenvalue weighted by molar-refractivity contribution is 5.64. The molecule has 0 fully saturated rings. The van der Waals surface area contributed by atoms with Crippen LogP contribution in [0.2, 0.25) is 0 Å². The Hall–Kier alpha value is -3.28. The average Bonchev–Trinajstić information content (AvgIpc) is 2.76. The molecule has 0 amide bonds. The van der Waals surface area contributed by atoms with Crippen LogP contribution in [-0.4, -0.2) is 30.7 Å². The van der Waals surface area contributed by atoms with Crippen molar-refractivity contribution in [2.75, 3.05) is 31.4 Å². The Labute approximate surface area is 172 Å². The van der Waals surface area contributed by atoms with Gasteiger partial charge < -0.3 is 20.1 Å². The van der Waals surface area contributed by atoms with E-state index in [4.69, 9.17) is 14.5 Å². The van der Waals surface area contributed by atoms with E-state index < -0.39 is 0 Å². The van der Waals surface area contributed by atoms with Crippen molar-refractivity contribution in [2.24, 2.45) is 5.92 Å². The molecule has 0 saturated heterocycles. The summed E-state index contributed by atoms with van der Waals surface area (Å²) in [4.78, 5) is 9.34. The molecule has 2 aromatic carbocycles. The molecule has 3 aromatic rings. The number of ether oxygens (including phenoxy) is 2. The molecule has 0 aliphatic carbocycles. The zero-order valence-corrected chi connectivity index (χ0v) is 17.4. The Bertz CT molecular complexity index is 929. The third kappa shape index (κ3) is 5.60. The van der Waals surface area contributed by atoms with E-state index in [0.29, 0.717) is 29.9 Å². The summed E-state index contributed by atoms with van der Waals surface area (Å²) in [6, 6.07) is 17.9. The van der Waals surface area contributed by atoms with E-state index in [1.54, 1.807) is 14.2 Å². The van der Waals surface area contributed by atoms with Crippen LogP contribution < -0.4 is 20.1 Å². The lowest BCUT2D eigenvalue weighted by atomic mass is 10.1. The maximum Gasteiger partial charge on any atom is 0.225 e. The first-order chi connectivity index (χ1) is 14.1. The third-order valence-electron chi connectivity index (χ3n) is 4.39. The molecule has 0 radical (unpaired) electrons. The molecule has 0 unspecified atom stereocenters. The fourth-order valence-corrected chi connectivity index (χ4v) is 2.85. The van der Waals surface area contributed by atoms with Crippen LogP contribution in [0.5, 0.6) is 11.5 Å². The first-order valence-corrected chi connectivity index (χ1v) is 9.72. The highest BCUT2D eigenvalue weighted by Crippen LogP contribution is 2.28. The van der Waals surface area contributed by atoms with E-state index in [9.17, 15) is 0 Å². The van der Waals surface area contributed by atoms with Crippen LogP contribution in [0.4, 0.5) is 11.8 Å². The van der Waals surface area contributed by atoms with Gasteiger partial charge in [-0.1, -0.05) is 50.2 Å². The number of nitrogens with one attached hydrogen (secondary N) is 2. The molecule has 6 nitrogen and oxygen atoms in total. The summed E-state index contributed by atoms with van der Waals surface area (Å²) in [7, 11) is 3.26. The fourth-order valence-electron chi connectivity index (χ4n) is 2.85. The second kappa shape index (κ2) is 9.78. The fraction of sp³-hybridized carbons (Fsp3) is 0.304. The second-order valence-electron chi connectivity index (χ2n) is 7.15. The number of nitrogens with zero attached hydrogens (tertiary/aromatic N) is 2. The van der Waals surface area contributed by atoms with Crippen LogP contribution in [0.1, 0.15) is 19.4 Å². The number of aromatic nitrogens is 2. The van der Waals surface area contributed by atoms with Gasteiger partial charge in [-0.25, -0.2) is 4.98 Å². The highest BCUT2D eigenvalue weighted by atomic mass is 16.5. The molecule has 0 aliphatic rings. The van der Waals surface area contributed by atoms with E-state index in [0.717, 1.165) is 29.2 Å². The molecule has 6 heteroatoms. The van der Waals surface area contributed by atoms with Gasteiger partial charge in [0.25, 0.3) is 0 Å². The predicted octanol–water partition coefficient (Wildman–Crippen LogP) is 4.84. The summed E-state index contributed by atoms with van der Waals surface area (Å²) in [5.41, 5.74) is 2.98. The van der Waals surface area contributed by atoms with Crippen molar-refractivity contribution in [3.63, 3.8) is 0 Å². The Balaban J connectivity index is 1.83. The lowest BCUT2D eigenvalue weighted by Crippen LogP contribution is -2.11. The lowest BCUT2D eigenvalue weighted by Gasteiger charge is -2.13. The molecule has 1 heterocycles. The average molecular weight is 393 g/mol. The van der Waals surface area contributed by atoms with Crippen LogP contribution in [-0.2, 0) is 6.54 Å². The standard InChI is InChI=1S/C23H28N4O2/c1-16(2)14-24-22-13-19(18-8-6-5-7-9-18)26-23(27-22)25-15-17-10-11-20(28-3)21(12-17)29-4/h5-13,16H,14-15H2,1-4H3,(H2,24,25,26,27). The van der Waals surface area contributed by atoms with Crippen molar-refractivity contribution < 1.29 is 9.47 Å². The normalized spacial score (nSPS) is 10.7. The largest absolute Gasteiger partial charge is 0.493 e. The minimum Gasteiger partial charge on any atom is -0.493 e. The van der Waals surface area contributed by atoms with Crippen LogP contribution in [0.25, 0.3) is 11.3 Å². The lowest BCUT2D eigenvalue weighted by molar-refractivity contribution is 0.354. The maximum atomic E-state index is 5.39. The van der Waals surface area contributed by atoms with Crippen molar-refractivity contribution in [3.05, 3.63) is 60.2 Å². The van der Waals surface area contributed by atoms with Gasteiger partial charge in [-0.15, -0.1) is 0 Å². The van der Waals surface area contributed by atoms with E-state index in [1.165, 1.54) is 0 Å². The van der Waals surface area contributed by atoms with Gasteiger partial charge in [-0.05, 0) is 23.6 Å². The number of benzene rings is 2. The van der Waals surface area contributed by atoms with Crippen molar-refractivity contribution in [1.82, 2.24) is 9.97 Å². The summed E-state index contributed by atoms with van der Waals surface area (Å²) < 4.78 is 10.7. The van der Waals surface area contributed by atoms with Crippen molar-refractivity contribution >= 4 is 11.8 Å². The molecular formula is C23H28N4O2. The summed E-state index contributed by atoms with van der Waals surface area (Å²) >= 11 is 0. The molecule has 0 spiro atoms. The molecule has 1 aromatic heterocycles. The number of anilines is 2. The number of hydrogen-bond acceptors (Lipinski definition) is 6. The Morgan fingerprint density at radius 1 is 0.862 bits per heavy atom. The van der Waals surface area contributed by atoms with Crippen LogP contribution in [0, 0.1) is 5.92 Å². The Kier molecular flexibility index (Phi) is 6.89. The van der Waals surface area contributed by atoms with Gasteiger partial charge >= 0.3 is 0 Å². The molecule has 0 bridgehead atoms. The summed E-state index contributed by atoms with van der Waals surface area (Å²) in [6.07, 6.45) is 0. The molecule has 29 heavy (non-hydrogen) atoms. The highest BCUT2D eigenvalue weighted by Gasteiger charge is 2.09. The van der Waals surface area contributed by atoms with Gasteiger partial charge in [0.2, 0.25) is 5.95 Å². The maximum absolute atomic E-state index is 5.39. The number of rotatable bonds is 9. The first kappa shape index (κ1) is 20.5. The predicted molar refractivity (Wildman–Crippen MR) is 118 cm³/mol. The third-order valence-corrected chi connectivity index (χ3v) is 4.39. The van der Waals surface area contributed by atoms with Gasteiger partial charge in [0.15, 0.2) is 11.5 Å². The van der Waals surface area contributed by atoms with Gasteiger partial charge in [-0.3, -0.25) is 0 Å². The van der Waals surface area contributed by atoms with Gasteiger partial charge in [0.1, 0.15) is 5.82 Å². The van der Waals surface area contributed by atoms with E-state index in [2.05, 4.69) is 29.5 Å². The molecule has 0 saturated carbocycles. The first-order valence-electron chi connectivity index (χ1n) is 9.72. The molecule has 2 N–H and O–H groups in total. The monoisotopic (exact) mass is 392 g/mol. The van der Waals surface area contributed by atoms with E-state index >= 15 is 0 Å². The molecular weight excluding hydrogens is 364 g/mol. The zero-order chi connectivity index (χ0) is 20.6. The number of hydrogen-bond donors (Lipinski definition) is 2. The van der Waals surface area contributed by atoms with E-state index in [-0.39, 0.29) is 0 Å².